The predicted molar refractivity (Wildman–Crippen MR) is 46.3 cm³/mol. The van der Waals surface area contributed by atoms with Gasteiger partial charge in [0.05, 0.1) is 12.4 Å². The van der Waals surface area contributed by atoms with Crippen molar-refractivity contribution >= 4 is 11.6 Å². The molecule has 0 aromatic heterocycles. The smallest absolute Gasteiger partial charge is 0.0835 e. The van der Waals surface area contributed by atoms with E-state index in [0.717, 1.165) is 19.6 Å². The Bertz CT molecular complexity index is 119. The number of hydrogen-bond acceptors (Lipinski definition) is 1. The molecule has 0 saturated heterocycles. The van der Waals surface area contributed by atoms with Crippen LogP contribution < -0.4 is 0 Å². The highest BCUT2D eigenvalue weighted by Gasteiger charge is 1.92. The van der Waals surface area contributed by atoms with E-state index in [4.69, 9.17) is 11.6 Å². The van der Waals surface area contributed by atoms with Gasteiger partial charge in [-0.05, 0) is 13.1 Å². The van der Waals surface area contributed by atoms with Crippen molar-refractivity contribution in [2.75, 3.05) is 25.5 Å². The first kappa shape index (κ1) is 9.81. The van der Waals surface area contributed by atoms with E-state index >= 15 is 0 Å². The Morgan fingerprint density at radius 2 is 1.80 bits per heavy atom. The molecule has 0 N–H and O–H groups in total. The van der Waals surface area contributed by atoms with E-state index in [2.05, 4.69) is 30.6 Å². The van der Waals surface area contributed by atoms with Crippen LogP contribution in [-0.4, -0.2) is 30.4 Å². The molecule has 0 aliphatic carbocycles. The van der Waals surface area contributed by atoms with Crippen LogP contribution in [0, 0.1) is 11.8 Å². The largest absolute Gasteiger partial charge is 0.293 e. The third-order valence-electron chi connectivity index (χ3n) is 1.39. The number of alkyl halides is 1. The summed E-state index contributed by atoms with van der Waals surface area (Å²) in [5, 5.41) is 0. The topological polar surface area (TPSA) is 3.24 Å². The molecule has 0 spiro atoms. The second-order valence-electron chi connectivity index (χ2n) is 1.95. The van der Waals surface area contributed by atoms with Gasteiger partial charge >= 0.3 is 0 Å². The van der Waals surface area contributed by atoms with Crippen LogP contribution in [-0.2, 0) is 0 Å². The summed E-state index contributed by atoms with van der Waals surface area (Å²) in [5.41, 5.74) is 0. The maximum Gasteiger partial charge on any atom is 0.0835 e. The number of halogens is 1. The van der Waals surface area contributed by atoms with Crippen molar-refractivity contribution in [3.05, 3.63) is 0 Å². The minimum Gasteiger partial charge on any atom is -0.293 e. The molecule has 0 aliphatic heterocycles. The Hall–Kier alpha value is -0.190. The molecular formula is C8H14ClN. The van der Waals surface area contributed by atoms with Crippen LogP contribution in [0.1, 0.15) is 13.8 Å². The molecule has 0 saturated carbocycles. The van der Waals surface area contributed by atoms with Crippen molar-refractivity contribution in [1.82, 2.24) is 4.90 Å². The van der Waals surface area contributed by atoms with Crippen molar-refractivity contribution in [3.8, 4) is 11.8 Å². The summed E-state index contributed by atoms with van der Waals surface area (Å²) in [5.74, 6) is 6.25. The fourth-order valence-corrected chi connectivity index (χ4v) is 0.757. The molecule has 0 amide bonds. The van der Waals surface area contributed by atoms with Crippen LogP contribution >= 0.6 is 11.6 Å². The van der Waals surface area contributed by atoms with Gasteiger partial charge in [-0.2, -0.15) is 0 Å². The molecular weight excluding hydrogens is 146 g/mol. The molecule has 58 valence electrons. The molecule has 0 aliphatic rings. The molecule has 0 radical (unpaired) electrons. The molecule has 0 fully saturated rings. The fraction of sp³-hybridized carbons (Fsp3) is 0.750. The Balaban J connectivity index is 3.43. The minimum atomic E-state index is 0.446. The van der Waals surface area contributed by atoms with Crippen molar-refractivity contribution in [3.63, 3.8) is 0 Å². The second-order valence-corrected chi connectivity index (χ2v) is 2.22. The summed E-state index contributed by atoms with van der Waals surface area (Å²) >= 11 is 5.38. The lowest BCUT2D eigenvalue weighted by Crippen LogP contribution is -2.22. The van der Waals surface area contributed by atoms with Crippen molar-refractivity contribution in [1.29, 1.82) is 0 Å². The molecule has 1 nitrogen and oxygen atoms in total. The second kappa shape index (κ2) is 6.92. The summed E-state index contributed by atoms with van der Waals surface area (Å²) in [7, 11) is 0. The maximum absolute atomic E-state index is 5.38. The van der Waals surface area contributed by atoms with E-state index in [-0.39, 0.29) is 0 Å². The lowest BCUT2D eigenvalue weighted by molar-refractivity contribution is 0.342. The molecule has 0 bridgehead atoms. The first-order valence-electron chi connectivity index (χ1n) is 3.59. The molecule has 0 heterocycles. The summed E-state index contributed by atoms with van der Waals surface area (Å²) in [6, 6.07) is 0. The molecule has 10 heavy (non-hydrogen) atoms. The first-order valence-corrected chi connectivity index (χ1v) is 4.12. The van der Waals surface area contributed by atoms with E-state index in [0.29, 0.717) is 5.88 Å². The summed E-state index contributed by atoms with van der Waals surface area (Å²) in [4.78, 5) is 2.25. The highest BCUT2D eigenvalue weighted by Crippen LogP contribution is 1.83. The van der Waals surface area contributed by atoms with Gasteiger partial charge in [0.1, 0.15) is 0 Å². The first-order chi connectivity index (χ1) is 4.85. The van der Waals surface area contributed by atoms with E-state index in [1.807, 2.05) is 0 Å². The molecule has 0 unspecified atom stereocenters. The molecule has 0 atom stereocenters. The van der Waals surface area contributed by atoms with Crippen LogP contribution in [0.15, 0.2) is 0 Å². The Morgan fingerprint density at radius 1 is 1.20 bits per heavy atom. The maximum atomic E-state index is 5.38. The standard InChI is InChI=1S/C8H14ClN/c1-3-10(4-2)8-6-5-7-9/h3-4,7-8H2,1-2H3. The Morgan fingerprint density at radius 3 is 2.20 bits per heavy atom. The van der Waals surface area contributed by atoms with Crippen LogP contribution in [0.25, 0.3) is 0 Å². The minimum absolute atomic E-state index is 0.446. The van der Waals surface area contributed by atoms with Gasteiger partial charge in [0.15, 0.2) is 0 Å². The summed E-state index contributed by atoms with van der Waals surface area (Å²) in [6.07, 6.45) is 0. The van der Waals surface area contributed by atoms with E-state index in [9.17, 15) is 0 Å². The van der Waals surface area contributed by atoms with Gasteiger partial charge in [-0.1, -0.05) is 25.7 Å². The van der Waals surface area contributed by atoms with Crippen LogP contribution in [0.2, 0.25) is 0 Å². The van der Waals surface area contributed by atoms with E-state index in [1.54, 1.807) is 0 Å². The van der Waals surface area contributed by atoms with Crippen LogP contribution in [0.5, 0.6) is 0 Å². The highest BCUT2D eigenvalue weighted by molar-refractivity contribution is 6.19. The summed E-state index contributed by atoms with van der Waals surface area (Å²) in [6.45, 7) is 7.23. The average molecular weight is 160 g/mol. The zero-order valence-electron chi connectivity index (χ0n) is 6.65. The van der Waals surface area contributed by atoms with Crippen molar-refractivity contribution in [2.24, 2.45) is 0 Å². The monoisotopic (exact) mass is 159 g/mol. The molecule has 0 rings (SSSR count). The normalized spacial score (nSPS) is 9.20. The van der Waals surface area contributed by atoms with Gasteiger partial charge in [0, 0.05) is 0 Å². The lowest BCUT2D eigenvalue weighted by Gasteiger charge is -2.12. The molecule has 2 heteroatoms. The van der Waals surface area contributed by atoms with Gasteiger partial charge in [0.25, 0.3) is 0 Å². The van der Waals surface area contributed by atoms with Crippen LogP contribution in [0.4, 0.5) is 0 Å². The van der Waals surface area contributed by atoms with Gasteiger partial charge in [-0.25, -0.2) is 0 Å². The molecule has 0 aromatic rings. The number of nitrogens with zero attached hydrogens (tertiary/aromatic N) is 1. The van der Waals surface area contributed by atoms with Gasteiger partial charge < -0.3 is 0 Å². The third-order valence-corrected chi connectivity index (χ3v) is 1.52. The van der Waals surface area contributed by atoms with E-state index in [1.165, 1.54) is 0 Å². The zero-order valence-corrected chi connectivity index (χ0v) is 7.41. The SMILES string of the molecule is CCN(CC)CC#CCCl. The fourth-order valence-electron chi connectivity index (χ4n) is 0.662. The van der Waals surface area contributed by atoms with Gasteiger partial charge in [-0.15, -0.1) is 11.6 Å². The summed E-state index contributed by atoms with van der Waals surface area (Å²) < 4.78 is 0. The number of rotatable bonds is 3. The Labute approximate surface area is 68.4 Å². The molecule has 0 aromatic carbocycles. The average Bonchev–Trinajstić information content (AvgIpc) is 1.99. The van der Waals surface area contributed by atoms with Crippen molar-refractivity contribution in [2.45, 2.75) is 13.8 Å². The van der Waals surface area contributed by atoms with E-state index < -0.39 is 0 Å². The third kappa shape index (κ3) is 4.67. The highest BCUT2D eigenvalue weighted by atomic mass is 35.5. The van der Waals surface area contributed by atoms with Gasteiger partial charge in [-0.3, -0.25) is 4.90 Å². The predicted octanol–water partition coefficient (Wildman–Crippen LogP) is 1.57. The van der Waals surface area contributed by atoms with Crippen LogP contribution in [0.3, 0.4) is 0 Å². The zero-order chi connectivity index (χ0) is 7.82. The van der Waals surface area contributed by atoms with Crippen molar-refractivity contribution < 1.29 is 0 Å². The lowest BCUT2D eigenvalue weighted by atomic mass is 10.5. The van der Waals surface area contributed by atoms with Gasteiger partial charge in [0.2, 0.25) is 0 Å². The quantitative estimate of drug-likeness (QED) is 0.447. The Kier molecular flexibility index (Phi) is 6.79. The number of hydrogen-bond donors (Lipinski definition) is 0.